The molecule has 0 unspecified atom stereocenters. The molecule has 0 aliphatic carbocycles. The maximum atomic E-state index is 11.8. The zero-order chi connectivity index (χ0) is 11.4. The molecule has 15 heavy (non-hydrogen) atoms. The minimum atomic E-state index is -0.127. The molecule has 0 radical (unpaired) electrons. The zero-order valence-corrected chi connectivity index (χ0v) is 9.41. The van der Waals surface area contributed by atoms with Crippen LogP contribution < -0.4 is 5.43 Å². The molecule has 1 rings (SSSR count). The summed E-state index contributed by atoms with van der Waals surface area (Å²) in [6.07, 6.45) is 0.785. The highest BCUT2D eigenvalue weighted by molar-refractivity contribution is 6.39. The summed E-state index contributed by atoms with van der Waals surface area (Å²) in [5, 5.41) is 3.76. The van der Waals surface area contributed by atoms with E-state index < -0.39 is 0 Å². The Bertz CT molecular complexity index is 297. The summed E-state index contributed by atoms with van der Waals surface area (Å²) in [5.41, 5.74) is 2.77. The summed E-state index contributed by atoms with van der Waals surface area (Å²) in [6, 6.07) is 0. The van der Waals surface area contributed by atoms with E-state index in [1.165, 1.54) is 0 Å². The van der Waals surface area contributed by atoms with Crippen LogP contribution >= 0.6 is 0 Å². The molecule has 0 aromatic rings. The molecule has 0 aromatic carbocycles. The monoisotopic (exact) mass is 211 g/mol. The molecular weight excluding hydrogens is 194 g/mol. The Labute approximate surface area is 89.5 Å². The van der Waals surface area contributed by atoms with Gasteiger partial charge in [0.25, 0.3) is 5.91 Å². The molecule has 1 heterocycles. The van der Waals surface area contributed by atoms with Gasteiger partial charge in [-0.1, -0.05) is 13.8 Å². The third-order valence-electron chi connectivity index (χ3n) is 2.14. The molecule has 1 aliphatic heterocycles. The van der Waals surface area contributed by atoms with Gasteiger partial charge in [0.05, 0.1) is 0 Å². The Kier molecular flexibility index (Phi) is 3.82. The third kappa shape index (κ3) is 3.34. The van der Waals surface area contributed by atoms with E-state index in [1.54, 1.807) is 11.9 Å². The van der Waals surface area contributed by atoms with Crippen LogP contribution in [0.15, 0.2) is 5.10 Å². The lowest BCUT2D eigenvalue weighted by molar-refractivity contribution is -0.124. The normalized spacial score (nSPS) is 16.0. The van der Waals surface area contributed by atoms with Gasteiger partial charge in [0.1, 0.15) is 5.71 Å². The Hall–Kier alpha value is -1.39. The van der Waals surface area contributed by atoms with Gasteiger partial charge >= 0.3 is 0 Å². The zero-order valence-electron chi connectivity index (χ0n) is 9.41. The largest absolute Gasteiger partial charge is 0.340 e. The Morgan fingerprint density at radius 3 is 2.67 bits per heavy atom. The van der Waals surface area contributed by atoms with Crippen molar-refractivity contribution in [3.8, 4) is 0 Å². The minimum absolute atomic E-state index is 0.0938. The van der Waals surface area contributed by atoms with Crippen molar-refractivity contribution >= 4 is 17.5 Å². The van der Waals surface area contributed by atoms with E-state index in [4.69, 9.17) is 0 Å². The number of hydrogen-bond acceptors (Lipinski definition) is 3. The van der Waals surface area contributed by atoms with Crippen molar-refractivity contribution in [1.29, 1.82) is 0 Å². The van der Waals surface area contributed by atoms with Crippen LogP contribution in [0.25, 0.3) is 0 Å². The van der Waals surface area contributed by atoms with E-state index in [1.807, 2.05) is 13.8 Å². The van der Waals surface area contributed by atoms with Crippen molar-refractivity contribution in [2.75, 3.05) is 13.6 Å². The van der Waals surface area contributed by atoms with Crippen LogP contribution in [0.2, 0.25) is 0 Å². The van der Waals surface area contributed by atoms with Crippen molar-refractivity contribution in [3.63, 3.8) is 0 Å². The first-order valence-electron chi connectivity index (χ1n) is 5.11. The van der Waals surface area contributed by atoms with Gasteiger partial charge in [0.15, 0.2) is 0 Å². The summed E-state index contributed by atoms with van der Waals surface area (Å²) in [4.78, 5) is 24.3. The van der Waals surface area contributed by atoms with Gasteiger partial charge in [0.2, 0.25) is 5.91 Å². The van der Waals surface area contributed by atoms with E-state index in [2.05, 4.69) is 10.5 Å². The lowest BCUT2D eigenvalue weighted by Gasteiger charge is -2.21. The van der Waals surface area contributed by atoms with Crippen molar-refractivity contribution in [3.05, 3.63) is 0 Å². The molecule has 0 fully saturated rings. The van der Waals surface area contributed by atoms with Crippen LogP contribution in [-0.2, 0) is 9.59 Å². The second-order valence-corrected chi connectivity index (χ2v) is 4.17. The average Bonchev–Trinajstić information content (AvgIpc) is 2.17. The van der Waals surface area contributed by atoms with Crippen LogP contribution in [-0.4, -0.2) is 36.0 Å². The van der Waals surface area contributed by atoms with Gasteiger partial charge < -0.3 is 4.90 Å². The molecular formula is C10H17N3O2. The molecule has 0 saturated heterocycles. The summed E-state index contributed by atoms with van der Waals surface area (Å²) in [7, 11) is 1.75. The van der Waals surface area contributed by atoms with E-state index in [9.17, 15) is 9.59 Å². The highest BCUT2D eigenvalue weighted by Crippen LogP contribution is 2.04. The number of nitrogens with zero attached hydrogens (tertiary/aromatic N) is 2. The first-order chi connectivity index (χ1) is 7.00. The van der Waals surface area contributed by atoms with E-state index in [0.29, 0.717) is 31.0 Å². The maximum Gasteiger partial charge on any atom is 0.269 e. The third-order valence-corrected chi connectivity index (χ3v) is 2.14. The molecule has 0 atom stereocenters. The quantitative estimate of drug-likeness (QED) is 0.733. The second kappa shape index (κ2) is 4.91. The van der Waals surface area contributed by atoms with E-state index in [0.717, 1.165) is 0 Å². The molecule has 0 aromatic heterocycles. The molecule has 1 N–H and O–H groups in total. The predicted molar refractivity (Wildman–Crippen MR) is 57.3 cm³/mol. The van der Waals surface area contributed by atoms with E-state index in [-0.39, 0.29) is 11.8 Å². The Morgan fingerprint density at radius 1 is 1.53 bits per heavy atom. The fourth-order valence-electron chi connectivity index (χ4n) is 1.48. The molecule has 1 aliphatic rings. The van der Waals surface area contributed by atoms with Crippen LogP contribution in [0, 0.1) is 5.92 Å². The highest BCUT2D eigenvalue weighted by Gasteiger charge is 2.21. The molecule has 5 heteroatoms. The standard InChI is InChI=1S/C10H17N3O2/c1-7(2)6-13(3)10(15)8-4-5-9(14)12-11-8/h7H,4-6H2,1-3H3,(H,12,14). The smallest absolute Gasteiger partial charge is 0.269 e. The molecule has 0 spiro atoms. The Balaban J connectivity index is 2.56. The summed E-state index contributed by atoms with van der Waals surface area (Å²) >= 11 is 0. The van der Waals surface area contributed by atoms with Gasteiger partial charge in [-0.2, -0.15) is 5.10 Å². The molecule has 2 amide bonds. The van der Waals surface area contributed by atoms with Crippen molar-refractivity contribution < 1.29 is 9.59 Å². The van der Waals surface area contributed by atoms with Crippen molar-refractivity contribution in [1.82, 2.24) is 10.3 Å². The number of amides is 2. The van der Waals surface area contributed by atoms with Gasteiger partial charge in [-0.15, -0.1) is 0 Å². The average molecular weight is 211 g/mol. The number of rotatable bonds is 3. The highest BCUT2D eigenvalue weighted by atomic mass is 16.2. The Morgan fingerprint density at radius 2 is 2.20 bits per heavy atom. The fourth-order valence-corrected chi connectivity index (χ4v) is 1.48. The first-order valence-corrected chi connectivity index (χ1v) is 5.11. The topological polar surface area (TPSA) is 61.8 Å². The number of hydrogen-bond donors (Lipinski definition) is 1. The van der Waals surface area contributed by atoms with Crippen molar-refractivity contribution in [2.24, 2.45) is 11.0 Å². The van der Waals surface area contributed by atoms with Crippen LogP contribution in [0.5, 0.6) is 0 Å². The SMILES string of the molecule is CC(C)CN(C)C(=O)C1=NNC(=O)CC1. The van der Waals surface area contributed by atoms with Crippen LogP contribution in [0.3, 0.4) is 0 Å². The van der Waals surface area contributed by atoms with Gasteiger partial charge in [-0.25, -0.2) is 5.43 Å². The number of hydrazone groups is 1. The molecule has 5 nitrogen and oxygen atoms in total. The van der Waals surface area contributed by atoms with Crippen molar-refractivity contribution in [2.45, 2.75) is 26.7 Å². The van der Waals surface area contributed by atoms with Gasteiger partial charge in [-0.05, 0) is 5.92 Å². The minimum Gasteiger partial charge on any atom is -0.340 e. The van der Waals surface area contributed by atoms with E-state index >= 15 is 0 Å². The first kappa shape index (κ1) is 11.7. The van der Waals surface area contributed by atoms with Crippen LogP contribution in [0.4, 0.5) is 0 Å². The molecule has 0 saturated carbocycles. The summed E-state index contributed by atoms with van der Waals surface area (Å²) < 4.78 is 0. The number of nitrogens with one attached hydrogen (secondary N) is 1. The lowest BCUT2D eigenvalue weighted by atomic mass is 10.1. The summed E-state index contributed by atoms with van der Waals surface area (Å²) in [6.45, 7) is 4.80. The number of carbonyl (C=O) groups excluding carboxylic acids is 2. The predicted octanol–water partition coefficient (Wildman–Crippen LogP) is 0.367. The van der Waals surface area contributed by atoms with Gasteiger partial charge in [0, 0.05) is 26.4 Å². The van der Waals surface area contributed by atoms with Gasteiger partial charge in [-0.3, -0.25) is 9.59 Å². The summed E-state index contributed by atoms with van der Waals surface area (Å²) in [5.74, 6) is 0.208. The lowest BCUT2D eigenvalue weighted by Crippen LogP contribution is -2.39. The second-order valence-electron chi connectivity index (χ2n) is 4.17. The maximum absolute atomic E-state index is 11.8. The number of carbonyl (C=O) groups is 2. The van der Waals surface area contributed by atoms with Crippen LogP contribution in [0.1, 0.15) is 26.7 Å². The molecule has 0 bridgehead atoms. The molecule has 84 valence electrons. The fraction of sp³-hybridized carbons (Fsp3) is 0.700.